The van der Waals surface area contributed by atoms with Gasteiger partial charge in [-0.05, 0) is 6.42 Å². The van der Waals surface area contributed by atoms with Crippen molar-refractivity contribution in [3.8, 4) is 0 Å². The first-order valence-corrected chi connectivity index (χ1v) is 4.28. The van der Waals surface area contributed by atoms with Gasteiger partial charge in [-0.3, -0.25) is 0 Å². The molecule has 0 aliphatic heterocycles. The van der Waals surface area contributed by atoms with Crippen LogP contribution in [0.1, 0.15) is 39.0 Å². The average Bonchev–Trinajstić information content (AvgIpc) is 1.86. The molecule has 0 saturated carbocycles. The number of rotatable bonds is 6. The van der Waals surface area contributed by atoms with E-state index in [9.17, 15) is 0 Å². The van der Waals surface area contributed by atoms with Gasteiger partial charge in [-0.15, -0.1) is 0 Å². The average molecular weight is 161 g/mol. The number of hydrogen-bond donors (Lipinski definition) is 3. The highest BCUT2D eigenvalue weighted by atomic mass is 16.5. The van der Waals surface area contributed by atoms with Crippen molar-refractivity contribution in [1.82, 2.24) is 0 Å². The molecule has 0 rings (SSSR count). The second-order valence-corrected chi connectivity index (χ2v) is 2.97. The summed E-state index contributed by atoms with van der Waals surface area (Å²) in [4.78, 5) is 0. The molecule has 0 aliphatic carbocycles. The fraction of sp³-hybridized carbons (Fsp3) is 1.00. The molecule has 4 N–H and O–H groups in total. The zero-order valence-corrected chi connectivity index (χ0v) is 7.16. The lowest BCUT2D eigenvalue weighted by molar-refractivity contribution is -0.0497. The smallest absolute Gasteiger partial charge is 0.152 e. The third kappa shape index (κ3) is 7.78. The second-order valence-electron chi connectivity index (χ2n) is 2.97. The highest BCUT2D eigenvalue weighted by molar-refractivity contribution is 4.61. The van der Waals surface area contributed by atoms with Crippen LogP contribution in [0.5, 0.6) is 0 Å². The Kier molecular flexibility index (Phi) is 6.51. The van der Waals surface area contributed by atoms with Gasteiger partial charge >= 0.3 is 0 Å². The molecule has 3 heteroatoms. The highest BCUT2D eigenvalue weighted by Crippen LogP contribution is 2.05. The molecular formula is C8H19NO2. The first-order chi connectivity index (χ1) is 5.16. The van der Waals surface area contributed by atoms with Crippen molar-refractivity contribution in [3.05, 3.63) is 0 Å². The standard InChI is InChI=1S/C8H19NO2/c1-2-3-4-5-7(9)6-8(10)11/h7-8,10-11H,2-6,9H2,1H3. The number of unbranched alkanes of at least 4 members (excludes halogenated alkanes) is 2. The first kappa shape index (κ1) is 10.9. The van der Waals surface area contributed by atoms with Crippen LogP contribution in [0, 0.1) is 0 Å². The minimum atomic E-state index is -1.24. The van der Waals surface area contributed by atoms with E-state index in [0.29, 0.717) is 6.42 Å². The summed E-state index contributed by atoms with van der Waals surface area (Å²) in [5.41, 5.74) is 5.60. The molecule has 11 heavy (non-hydrogen) atoms. The molecule has 0 aromatic carbocycles. The third-order valence-electron chi connectivity index (χ3n) is 1.69. The summed E-state index contributed by atoms with van der Waals surface area (Å²) in [6.45, 7) is 2.13. The number of aliphatic hydroxyl groups is 2. The Morgan fingerprint density at radius 1 is 1.27 bits per heavy atom. The van der Waals surface area contributed by atoms with E-state index in [1.807, 2.05) is 0 Å². The van der Waals surface area contributed by atoms with Crippen LogP contribution in [0.2, 0.25) is 0 Å². The van der Waals surface area contributed by atoms with Gasteiger partial charge in [0.2, 0.25) is 0 Å². The van der Waals surface area contributed by atoms with Crippen LogP contribution in [0.4, 0.5) is 0 Å². The molecule has 1 atom stereocenters. The Morgan fingerprint density at radius 3 is 2.36 bits per heavy atom. The van der Waals surface area contributed by atoms with Crippen LogP contribution >= 0.6 is 0 Å². The van der Waals surface area contributed by atoms with Crippen molar-refractivity contribution in [2.75, 3.05) is 0 Å². The van der Waals surface area contributed by atoms with Crippen LogP contribution in [-0.2, 0) is 0 Å². The van der Waals surface area contributed by atoms with E-state index in [0.717, 1.165) is 12.8 Å². The Bertz CT molecular complexity index is 86.2. The second kappa shape index (κ2) is 6.58. The van der Waals surface area contributed by atoms with E-state index in [1.165, 1.54) is 12.8 Å². The summed E-state index contributed by atoms with van der Waals surface area (Å²) in [6.07, 6.45) is 3.38. The van der Waals surface area contributed by atoms with Crippen LogP contribution in [0.3, 0.4) is 0 Å². The van der Waals surface area contributed by atoms with Crippen LogP contribution in [-0.4, -0.2) is 22.5 Å². The molecule has 0 radical (unpaired) electrons. The molecule has 0 fully saturated rings. The van der Waals surface area contributed by atoms with Gasteiger partial charge in [0.05, 0.1) is 0 Å². The zero-order valence-electron chi connectivity index (χ0n) is 7.16. The lowest BCUT2D eigenvalue weighted by atomic mass is 10.1. The van der Waals surface area contributed by atoms with Crippen molar-refractivity contribution in [2.24, 2.45) is 5.73 Å². The van der Waals surface area contributed by atoms with Crippen molar-refractivity contribution in [2.45, 2.75) is 51.4 Å². The predicted octanol–water partition coefficient (Wildman–Crippen LogP) is 0.595. The molecule has 0 bridgehead atoms. The first-order valence-electron chi connectivity index (χ1n) is 4.28. The fourth-order valence-corrected chi connectivity index (χ4v) is 1.05. The largest absolute Gasteiger partial charge is 0.368 e. The maximum atomic E-state index is 8.55. The summed E-state index contributed by atoms with van der Waals surface area (Å²) in [5.74, 6) is 0. The number of hydrogen-bond acceptors (Lipinski definition) is 3. The van der Waals surface area contributed by atoms with Crippen molar-refractivity contribution in [3.63, 3.8) is 0 Å². The Hall–Kier alpha value is -0.120. The van der Waals surface area contributed by atoms with Crippen LogP contribution in [0.25, 0.3) is 0 Å². The molecule has 0 amide bonds. The minimum absolute atomic E-state index is 0.0541. The Morgan fingerprint density at radius 2 is 1.91 bits per heavy atom. The normalized spacial score (nSPS) is 13.9. The van der Waals surface area contributed by atoms with E-state index in [-0.39, 0.29) is 6.04 Å². The molecule has 0 saturated heterocycles. The van der Waals surface area contributed by atoms with Crippen LogP contribution < -0.4 is 5.73 Å². The Balaban J connectivity index is 3.15. The molecule has 0 aromatic rings. The van der Waals surface area contributed by atoms with E-state index in [4.69, 9.17) is 15.9 Å². The van der Waals surface area contributed by atoms with E-state index >= 15 is 0 Å². The lowest BCUT2D eigenvalue weighted by Crippen LogP contribution is -2.25. The SMILES string of the molecule is CCCCCC(N)CC(O)O. The summed E-state index contributed by atoms with van der Waals surface area (Å²) in [5, 5.41) is 17.1. The van der Waals surface area contributed by atoms with Gasteiger partial charge in [-0.1, -0.05) is 26.2 Å². The molecule has 0 aromatic heterocycles. The van der Waals surface area contributed by atoms with Gasteiger partial charge in [0, 0.05) is 12.5 Å². The molecular weight excluding hydrogens is 142 g/mol. The summed E-state index contributed by atoms with van der Waals surface area (Å²) in [7, 11) is 0. The van der Waals surface area contributed by atoms with Gasteiger partial charge in [0.25, 0.3) is 0 Å². The summed E-state index contributed by atoms with van der Waals surface area (Å²) in [6, 6.07) is -0.0541. The maximum absolute atomic E-state index is 8.55. The number of aliphatic hydroxyl groups excluding tert-OH is 1. The van der Waals surface area contributed by atoms with E-state index < -0.39 is 6.29 Å². The predicted molar refractivity (Wildman–Crippen MR) is 45.0 cm³/mol. The van der Waals surface area contributed by atoms with Gasteiger partial charge in [-0.25, -0.2) is 0 Å². The van der Waals surface area contributed by atoms with Gasteiger partial charge in [0.15, 0.2) is 6.29 Å². The van der Waals surface area contributed by atoms with Crippen molar-refractivity contribution in [1.29, 1.82) is 0 Å². The molecule has 0 heterocycles. The fourth-order valence-electron chi connectivity index (χ4n) is 1.05. The molecule has 0 aliphatic rings. The van der Waals surface area contributed by atoms with Crippen LogP contribution in [0.15, 0.2) is 0 Å². The topological polar surface area (TPSA) is 66.5 Å². The molecule has 68 valence electrons. The Labute approximate surface area is 68.2 Å². The maximum Gasteiger partial charge on any atom is 0.152 e. The molecule has 0 spiro atoms. The highest BCUT2D eigenvalue weighted by Gasteiger charge is 2.06. The van der Waals surface area contributed by atoms with Crippen molar-refractivity contribution >= 4 is 0 Å². The van der Waals surface area contributed by atoms with E-state index in [2.05, 4.69) is 6.92 Å². The van der Waals surface area contributed by atoms with Gasteiger partial charge in [0.1, 0.15) is 0 Å². The molecule has 1 unspecified atom stereocenters. The van der Waals surface area contributed by atoms with E-state index in [1.54, 1.807) is 0 Å². The van der Waals surface area contributed by atoms with Crippen molar-refractivity contribution < 1.29 is 10.2 Å². The monoisotopic (exact) mass is 161 g/mol. The minimum Gasteiger partial charge on any atom is -0.368 e. The summed E-state index contributed by atoms with van der Waals surface area (Å²) < 4.78 is 0. The zero-order chi connectivity index (χ0) is 8.69. The molecule has 3 nitrogen and oxygen atoms in total. The van der Waals surface area contributed by atoms with Gasteiger partial charge in [-0.2, -0.15) is 0 Å². The summed E-state index contributed by atoms with van der Waals surface area (Å²) >= 11 is 0. The quantitative estimate of drug-likeness (QED) is 0.394. The third-order valence-corrected chi connectivity index (χ3v) is 1.69. The van der Waals surface area contributed by atoms with Gasteiger partial charge < -0.3 is 15.9 Å². The number of nitrogens with two attached hydrogens (primary N) is 1. The lowest BCUT2D eigenvalue weighted by Gasteiger charge is -2.11.